The van der Waals surface area contributed by atoms with Crippen LogP contribution in [0.25, 0.3) is 0 Å². The molecule has 0 saturated carbocycles. The molecule has 0 N–H and O–H groups in total. The van der Waals surface area contributed by atoms with E-state index in [1.807, 2.05) is 0 Å². The smallest absolute Gasteiger partial charge is 0.395 e. The molecule has 1 unspecified atom stereocenters. The summed E-state index contributed by atoms with van der Waals surface area (Å²) < 4.78 is 46.4. The molecular weight excluding hydrogens is 335 g/mol. The van der Waals surface area contributed by atoms with Gasteiger partial charge in [-0.05, 0) is 24.6 Å². The maximum absolute atomic E-state index is 12.1. The Hall–Kier alpha value is -0.210. The zero-order valence-corrected chi connectivity index (χ0v) is 14.1. The van der Waals surface area contributed by atoms with Crippen molar-refractivity contribution in [3.05, 3.63) is 5.02 Å². The largest absolute Gasteiger partial charge is 0.441 e. The Balaban J connectivity index is 3.22. The Morgan fingerprint density at radius 2 is 2.11 bits per heavy atom. The highest BCUT2D eigenvalue weighted by molar-refractivity contribution is 8.54. The first-order chi connectivity index (χ1) is 8.64. The van der Waals surface area contributed by atoms with Gasteiger partial charge in [0.25, 0.3) is 5.88 Å². The van der Waals surface area contributed by atoms with Crippen LogP contribution in [0.4, 0.5) is 0 Å². The topological polar surface area (TPSA) is 87.5 Å². The molecule has 1 atom stereocenters. The van der Waals surface area contributed by atoms with Crippen LogP contribution in [0.1, 0.15) is 6.92 Å². The molecule has 0 aromatic carbocycles. The molecule has 0 bridgehead atoms. The maximum atomic E-state index is 12.1. The molecule has 1 rings (SSSR count). The minimum absolute atomic E-state index is 0.182. The van der Waals surface area contributed by atoms with Gasteiger partial charge in [0.05, 0.1) is 6.61 Å². The molecular formula is C8H14ClN2O5PS2. The van der Waals surface area contributed by atoms with Crippen molar-refractivity contribution in [2.75, 3.05) is 19.1 Å². The number of hydrogen-bond acceptors (Lipinski definition) is 7. The molecule has 0 saturated heterocycles. The average Bonchev–Trinajstić information content (AvgIpc) is 2.53. The van der Waals surface area contributed by atoms with E-state index in [0.29, 0.717) is 0 Å². The number of hydrogen-bond donors (Lipinski definition) is 0. The van der Waals surface area contributed by atoms with Gasteiger partial charge in [-0.2, -0.15) is 0 Å². The maximum Gasteiger partial charge on any atom is 0.441 e. The van der Waals surface area contributed by atoms with Gasteiger partial charge in [0.15, 0.2) is 14.9 Å². The van der Waals surface area contributed by atoms with E-state index in [0.717, 1.165) is 22.3 Å². The summed E-state index contributed by atoms with van der Waals surface area (Å²) in [4.78, 5) is 0. The lowest BCUT2D eigenvalue weighted by atomic mass is 10.7. The fourth-order valence-electron chi connectivity index (χ4n) is 1.30. The van der Waals surface area contributed by atoms with E-state index in [9.17, 15) is 13.0 Å². The third-order valence-electron chi connectivity index (χ3n) is 1.97. The first kappa shape index (κ1) is 16.8. The van der Waals surface area contributed by atoms with E-state index >= 15 is 0 Å². The Morgan fingerprint density at radius 1 is 1.53 bits per heavy atom. The van der Waals surface area contributed by atoms with Gasteiger partial charge in [-0.15, -0.1) is 5.10 Å². The quantitative estimate of drug-likeness (QED) is 0.729. The Kier molecular flexibility index (Phi) is 5.36. The van der Waals surface area contributed by atoms with E-state index in [4.69, 9.17) is 20.6 Å². The van der Waals surface area contributed by atoms with E-state index in [1.165, 1.54) is 7.05 Å². The zero-order valence-electron chi connectivity index (χ0n) is 10.8. The molecule has 1 heterocycles. The van der Waals surface area contributed by atoms with Crippen molar-refractivity contribution >= 4 is 39.6 Å². The molecule has 1 aromatic heterocycles. The van der Waals surface area contributed by atoms with Crippen LogP contribution in [0.5, 0.6) is 5.88 Å². The molecule has 19 heavy (non-hydrogen) atoms. The Morgan fingerprint density at radius 3 is 2.47 bits per heavy atom. The van der Waals surface area contributed by atoms with Crippen LogP contribution < -0.4 is 4.52 Å². The van der Waals surface area contributed by atoms with Gasteiger partial charge in [-0.25, -0.2) is 13.0 Å². The van der Waals surface area contributed by atoms with Gasteiger partial charge in [-0.1, -0.05) is 11.6 Å². The van der Waals surface area contributed by atoms with Crippen molar-refractivity contribution in [3.63, 3.8) is 0 Å². The second-order valence-electron chi connectivity index (χ2n) is 3.46. The fourth-order valence-corrected chi connectivity index (χ4v) is 4.86. The summed E-state index contributed by atoms with van der Waals surface area (Å²) in [5.74, 6) is -0.226. The molecule has 7 nitrogen and oxygen atoms in total. The third kappa shape index (κ3) is 3.88. The average molecular weight is 349 g/mol. The van der Waals surface area contributed by atoms with Gasteiger partial charge in [0.2, 0.25) is 0 Å². The van der Waals surface area contributed by atoms with Crippen molar-refractivity contribution in [2.45, 2.75) is 11.9 Å². The van der Waals surface area contributed by atoms with Gasteiger partial charge in [0.1, 0.15) is 5.02 Å². The van der Waals surface area contributed by atoms with Gasteiger partial charge in [0, 0.05) is 13.3 Å². The molecule has 0 aliphatic heterocycles. The molecule has 0 spiro atoms. The van der Waals surface area contributed by atoms with Gasteiger partial charge >= 0.3 is 6.80 Å². The fraction of sp³-hybridized carbons (Fsp3) is 0.625. The number of halogens is 1. The van der Waals surface area contributed by atoms with Gasteiger partial charge in [-0.3, -0.25) is 9.21 Å². The second-order valence-corrected chi connectivity index (χ2v) is 9.91. The first-order valence-electron chi connectivity index (χ1n) is 5.07. The minimum atomic E-state index is -3.57. The minimum Gasteiger partial charge on any atom is -0.395 e. The SMILES string of the molecule is CCOP(=O)(Oc1nn(C)c(S(C)(=O)=O)c1Cl)SC. The van der Waals surface area contributed by atoms with Gasteiger partial charge < -0.3 is 4.52 Å². The standard InChI is InChI=1S/C8H14ClN2O5PS2/c1-5-15-17(12,18-3)16-7-6(9)8(11(2)10-7)19(4,13)14/h5H2,1-4H3. The van der Waals surface area contributed by atoms with Crippen molar-refractivity contribution in [3.8, 4) is 5.88 Å². The highest BCUT2D eigenvalue weighted by atomic mass is 35.5. The molecule has 1 aromatic rings. The van der Waals surface area contributed by atoms with Crippen LogP contribution in [-0.2, 0) is 26.0 Å². The zero-order chi connectivity index (χ0) is 14.8. The summed E-state index contributed by atoms with van der Waals surface area (Å²) in [6.45, 7) is -1.60. The molecule has 0 amide bonds. The van der Waals surface area contributed by atoms with E-state index in [1.54, 1.807) is 13.2 Å². The highest BCUT2D eigenvalue weighted by Crippen LogP contribution is 2.59. The molecule has 0 aliphatic rings. The lowest BCUT2D eigenvalue weighted by Crippen LogP contribution is -2.05. The molecule has 0 fully saturated rings. The summed E-state index contributed by atoms with van der Waals surface area (Å²) in [6, 6.07) is 0. The Bertz CT molecular complexity index is 615. The van der Waals surface area contributed by atoms with Crippen LogP contribution in [0, 0.1) is 0 Å². The first-order valence-corrected chi connectivity index (χ1v) is 10.7. The number of sulfone groups is 1. The molecule has 0 aliphatic carbocycles. The van der Waals surface area contributed by atoms with Crippen LogP contribution in [0.2, 0.25) is 5.02 Å². The molecule has 110 valence electrons. The predicted molar refractivity (Wildman–Crippen MR) is 74.7 cm³/mol. The number of nitrogens with zero attached hydrogens (tertiary/aromatic N) is 2. The summed E-state index contributed by atoms with van der Waals surface area (Å²) in [6.07, 6.45) is 2.54. The predicted octanol–water partition coefficient (Wildman–Crippen LogP) is 2.36. The van der Waals surface area contributed by atoms with Crippen LogP contribution in [-0.4, -0.2) is 37.3 Å². The summed E-state index contributed by atoms with van der Waals surface area (Å²) in [5.41, 5.74) is 0. The second kappa shape index (κ2) is 6.05. The Labute approximate surface area is 120 Å². The van der Waals surface area contributed by atoms with Crippen LogP contribution in [0.3, 0.4) is 0 Å². The molecule has 0 radical (unpaired) electrons. The monoisotopic (exact) mass is 348 g/mol. The van der Waals surface area contributed by atoms with Crippen molar-refractivity contribution < 1.29 is 22.0 Å². The van der Waals surface area contributed by atoms with Crippen molar-refractivity contribution in [1.29, 1.82) is 0 Å². The van der Waals surface area contributed by atoms with Crippen LogP contribution in [0.15, 0.2) is 5.03 Å². The van der Waals surface area contributed by atoms with E-state index in [2.05, 4.69) is 5.10 Å². The van der Waals surface area contributed by atoms with Crippen LogP contribution >= 0.6 is 29.8 Å². The molecule has 11 heteroatoms. The number of aryl methyl sites for hydroxylation is 1. The number of rotatable bonds is 6. The van der Waals surface area contributed by atoms with Crippen molar-refractivity contribution in [1.82, 2.24) is 9.78 Å². The van der Waals surface area contributed by atoms with Crippen molar-refractivity contribution in [2.24, 2.45) is 7.05 Å². The summed E-state index contributed by atoms with van der Waals surface area (Å²) in [7, 11) is -2.16. The number of aromatic nitrogens is 2. The lowest BCUT2D eigenvalue weighted by Gasteiger charge is -2.13. The van der Waals surface area contributed by atoms with E-state index < -0.39 is 16.6 Å². The van der Waals surface area contributed by atoms with E-state index in [-0.39, 0.29) is 22.5 Å². The lowest BCUT2D eigenvalue weighted by molar-refractivity contribution is 0.293. The summed E-state index contributed by atoms with van der Waals surface area (Å²) in [5, 5.41) is 3.40. The third-order valence-corrected chi connectivity index (χ3v) is 6.89. The highest BCUT2D eigenvalue weighted by Gasteiger charge is 2.31. The summed E-state index contributed by atoms with van der Waals surface area (Å²) >= 11 is 6.78. The normalized spacial score (nSPS) is 15.2.